The van der Waals surface area contributed by atoms with Gasteiger partial charge in [-0.2, -0.15) is 15.6 Å². The van der Waals surface area contributed by atoms with E-state index in [0.29, 0.717) is 44.6 Å². The maximum Gasteiger partial charge on any atom is 0.252 e. The molecule has 2 amide bonds. The average Bonchev–Trinajstić information content (AvgIpc) is 3.25. The van der Waals surface area contributed by atoms with Crippen molar-refractivity contribution in [2.75, 3.05) is 19.6 Å². The van der Waals surface area contributed by atoms with Crippen LogP contribution in [0.4, 0.5) is 0 Å². The van der Waals surface area contributed by atoms with Crippen molar-refractivity contribution >= 4 is 33.2 Å². The lowest BCUT2D eigenvalue weighted by molar-refractivity contribution is -0.121. The molecule has 0 aliphatic rings. The Morgan fingerprint density at radius 1 is 1.03 bits per heavy atom. The number of sulfonamides is 1. The molecule has 0 aliphatic carbocycles. The lowest BCUT2D eigenvalue weighted by atomic mass is 10.2. The molecule has 2 N–H and O–H groups in total. The van der Waals surface area contributed by atoms with Crippen molar-refractivity contribution < 1.29 is 18.0 Å². The predicted octanol–water partition coefficient (Wildman–Crippen LogP) is 2.61. The van der Waals surface area contributed by atoms with Crippen molar-refractivity contribution in [3.8, 4) is 0 Å². The maximum atomic E-state index is 12.5. The molecule has 9 heteroatoms. The van der Waals surface area contributed by atoms with Crippen LogP contribution in [-0.4, -0.2) is 44.2 Å². The zero-order chi connectivity index (χ0) is 21.3. The van der Waals surface area contributed by atoms with Crippen LogP contribution in [0.3, 0.4) is 0 Å². The standard InChI is InChI=1S/C20H27N3O4S2/c1-3-23(4-2)29(26,27)18-9-7-16(8-10-18)14-22-19(24)6-5-12-21-20(25)17-11-13-28-15-17/h7-11,13,15H,3-6,12,14H2,1-2H3,(H,21,25)(H,22,24). The van der Waals surface area contributed by atoms with Crippen molar-refractivity contribution in [2.45, 2.75) is 38.1 Å². The zero-order valence-corrected chi connectivity index (χ0v) is 18.3. The number of hydrogen-bond donors (Lipinski definition) is 2. The molecule has 0 saturated heterocycles. The number of thiophene rings is 1. The number of nitrogens with zero attached hydrogens (tertiary/aromatic N) is 1. The maximum absolute atomic E-state index is 12.5. The fourth-order valence-electron chi connectivity index (χ4n) is 2.73. The van der Waals surface area contributed by atoms with Gasteiger partial charge in [0.05, 0.1) is 4.90 Å². The fourth-order valence-corrected chi connectivity index (χ4v) is 4.82. The van der Waals surface area contributed by atoms with Gasteiger partial charge in [-0.3, -0.25) is 9.59 Å². The first kappa shape index (κ1) is 23.1. The van der Waals surface area contributed by atoms with E-state index >= 15 is 0 Å². The van der Waals surface area contributed by atoms with Crippen molar-refractivity contribution in [2.24, 2.45) is 0 Å². The molecule has 0 aliphatic heterocycles. The summed E-state index contributed by atoms with van der Waals surface area (Å²) in [6.45, 7) is 5.21. The van der Waals surface area contributed by atoms with Gasteiger partial charge in [-0.05, 0) is 35.6 Å². The second kappa shape index (κ2) is 11.1. The molecule has 0 saturated carbocycles. The molecule has 1 aromatic carbocycles. The first-order valence-electron chi connectivity index (χ1n) is 9.54. The third-order valence-electron chi connectivity index (χ3n) is 4.41. The molecule has 0 radical (unpaired) electrons. The summed E-state index contributed by atoms with van der Waals surface area (Å²) in [5.41, 5.74) is 1.45. The van der Waals surface area contributed by atoms with Crippen LogP contribution >= 0.6 is 11.3 Å². The van der Waals surface area contributed by atoms with Gasteiger partial charge < -0.3 is 10.6 Å². The molecule has 29 heavy (non-hydrogen) atoms. The number of rotatable bonds is 11. The molecule has 2 aromatic rings. The first-order chi connectivity index (χ1) is 13.9. The van der Waals surface area contributed by atoms with Crippen LogP contribution in [0, 0.1) is 0 Å². The molecule has 158 valence electrons. The van der Waals surface area contributed by atoms with Gasteiger partial charge in [0.15, 0.2) is 0 Å². The minimum Gasteiger partial charge on any atom is -0.352 e. The van der Waals surface area contributed by atoms with Gasteiger partial charge in [-0.1, -0.05) is 26.0 Å². The lowest BCUT2D eigenvalue weighted by Crippen LogP contribution is -2.30. The summed E-state index contributed by atoms with van der Waals surface area (Å²) < 4.78 is 26.3. The highest BCUT2D eigenvalue weighted by Gasteiger charge is 2.21. The zero-order valence-electron chi connectivity index (χ0n) is 16.7. The van der Waals surface area contributed by atoms with E-state index in [0.717, 1.165) is 5.56 Å². The van der Waals surface area contributed by atoms with Crippen molar-refractivity contribution in [1.29, 1.82) is 0 Å². The molecule has 1 aromatic heterocycles. The van der Waals surface area contributed by atoms with Crippen molar-refractivity contribution in [1.82, 2.24) is 14.9 Å². The van der Waals surface area contributed by atoms with Gasteiger partial charge in [0.25, 0.3) is 5.91 Å². The highest BCUT2D eigenvalue weighted by Crippen LogP contribution is 2.16. The Balaban J connectivity index is 1.74. The Bertz CT molecular complexity index is 890. The van der Waals surface area contributed by atoms with Crippen molar-refractivity contribution in [3.63, 3.8) is 0 Å². The smallest absolute Gasteiger partial charge is 0.252 e. The molecule has 0 bridgehead atoms. The Hall–Kier alpha value is -2.23. The van der Waals surface area contributed by atoms with E-state index in [-0.39, 0.29) is 16.7 Å². The largest absolute Gasteiger partial charge is 0.352 e. The van der Waals surface area contributed by atoms with Gasteiger partial charge in [0, 0.05) is 43.5 Å². The summed E-state index contributed by atoms with van der Waals surface area (Å²) >= 11 is 1.46. The topological polar surface area (TPSA) is 95.6 Å². The van der Waals surface area contributed by atoms with E-state index in [9.17, 15) is 18.0 Å². The predicted molar refractivity (Wildman–Crippen MR) is 114 cm³/mol. The van der Waals surface area contributed by atoms with E-state index in [1.165, 1.54) is 15.6 Å². The Morgan fingerprint density at radius 3 is 2.31 bits per heavy atom. The Morgan fingerprint density at radius 2 is 1.72 bits per heavy atom. The molecule has 2 rings (SSSR count). The van der Waals surface area contributed by atoms with Gasteiger partial charge in [-0.15, -0.1) is 0 Å². The summed E-state index contributed by atoms with van der Waals surface area (Å²) in [7, 11) is -3.48. The molecule has 1 heterocycles. The molecule has 0 fully saturated rings. The molecular weight excluding hydrogens is 410 g/mol. The lowest BCUT2D eigenvalue weighted by Gasteiger charge is -2.18. The first-order valence-corrected chi connectivity index (χ1v) is 11.9. The second-order valence-corrected chi connectivity index (χ2v) is 9.10. The third-order valence-corrected chi connectivity index (χ3v) is 7.15. The van der Waals surface area contributed by atoms with Crippen LogP contribution in [-0.2, 0) is 21.4 Å². The van der Waals surface area contributed by atoms with Gasteiger partial charge in [0.2, 0.25) is 15.9 Å². The van der Waals surface area contributed by atoms with E-state index in [1.807, 2.05) is 5.38 Å². The molecule has 7 nitrogen and oxygen atoms in total. The number of amides is 2. The summed E-state index contributed by atoms with van der Waals surface area (Å²) in [5.74, 6) is -0.249. The van der Waals surface area contributed by atoms with E-state index in [4.69, 9.17) is 0 Å². The SMILES string of the molecule is CCN(CC)S(=O)(=O)c1ccc(CNC(=O)CCCNC(=O)c2ccsc2)cc1. The number of nitrogens with one attached hydrogen (secondary N) is 2. The summed E-state index contributed by atoms with van der Waals surface area (Å²) in [6.07, 6.45) is 0.848. The summed E-state index contributed by atoms with van der Waals surface area (Å²) in [5, 5.41) is 9.21. The number of hydrogen-bond acceptors (Lipinski definition) is 5. The molecule has 0 atom stereocenters. The highest BCUT2D eigenvalue weighted by molar-refractivity contribution is 7.89. The third kappa shape index (κ3) is 6.66. The van der Waals surface area contributed by atoms with Crippen LogP contribution in [0.15, 0.2) is 46.0 Å². The monoisotopic (exact) mass is 437 g/mol. The molecule has 0 unspecified atom stereocenters. The van der Waals surface area contributed by atoms with Crippen LogP contribution in [0.25, 0.3) is 0 Å². The molecule has 0 spiro atoms. The number of carbonyl (C=O) groups excluding carboxylic acids is 2. The summed E-state index contributed by atoms with van der Waals surface area (Å²) in [6, 6.07) is 8.30. The van der Waals surface area contributed by atoms with Crippen LogP contribution < -0.4 is 10.6 Å². The highest BCUT2D eigenvalue weighted by atomic mass is 32.2. The number of benzene rings is 1. The van der Waals surface area contributed by atoms with E-state index < -0.39 is 10.0 Å². The summed E-state index contributed by atoms with van der Waals surface area (Å²) in [4.78, 5) is 24.0. The average molecular weight is 438 g/mol. The Kier molecular flexibility index (Phi) is 8.81. The van der Waals surface area contributed by atoms with E-state index in [2.05, 4.69) is 10.6 Å². The van der Waals surface area contributed by atoms with Gasteiger partial charge in [-0.25, -0.2) is 8.42 Å². The fraction of sp³-hybridized carbons (Fsp3) is 0.400. The van der Waals surface area contributed by atoms with Crippen molar-refractivity contribution in [3.05, 3.63) is 52.2 Å². The Labute approximate surface area is 176 Å². The molecular formula is C20H27N3O4S2. The normalized spacial score (nSPS) is 11.4. The minimum absolute atomic E-state index is 0.116. The quantitative estimate of drug-likeness (QED) is 0.528. The van der Waals surface area contributed by atoms with Crippen LogP contribution in [0.1, 0.15) is 42.6 Å². The van der Waals surface area contributed by atoms with Crippen LogP contribution in [0.2, 0.25) is 0 Å². The number of carbonyl (C=O) groups is 2. The minimum atomic E-state index is -3.48. The van der Waals surface area contributed by atoms with Gasteiger partial charge in [0.1, 0.15) is 0 Å². The second-order valence-electron chi connectivity index (χ2n) is 6.38. The van der Waals surface area contributed by atoms with Crippen LogP contribution in [0.5, 0.6) is 0 Å². The van der Waals surface area contributed by atoms with Gasteiger partial charge >= 0.3 is 0 Å². The van der Waals surface area contributed by atoms with E-state index in [1.54, 1.807) is 49.6 Å².